The van der Waals surface area contributed by atoms with Crippen molar-refractivity contribution in [2.75, 3.05) is 32.4 Å². The minimum atomic E-state index is -3.00. The summed E-state index contributed by atoms with van der Waals surface area (Å²) in [6, 6.07) is 0. The van der Waals surface area contributed by atoms with Gasteiger partial charge in [-0.2, -0.15) is 0 Å². The van der Waals surface area contributed by atoms with Gasteiger partial charge in [-0.05, 0) is 32.1 Å². The van der Waals surface area contributed by atoms with Crippen LogP contribution in [-0.4, -0.2) is 56.5 Å². The van der Waals surface area contributed by atoms with E-state index in [1.54, 1.807) is 20.9 Å². The smallest absolute Gasteiger partial charge is 0.193 e. The third-order valence-corrected chi connectivity index (χ3v) is 7.57. The molecule has 0 unspecified atom stereocenters. The summed E-state index contributed by atoms with van der Waals surface area (Å²) in [7, 11) is -1.23. The van der Waals surface area contributed by atoms with Crippen LogP contribution in [0.1, 0.15) is 46.5 Å². The molecule has 0 amide bonds. The van der Waals surface area contributed by atoms with E-state index < -0.39 is 14.6 Å². The third-order valence-electron chi connectivity index (χ3n) is 5.04. The van der Waals surface area contributed by atoms with Crippen LogP contribution in [0.5, 0.6) is 0 Å². The van der Waals surface area contributed by atoms with E-state index in [0.29, 0.717) is 18.5 Å². The molecule has 0 radical (unpaired) electrons. The molecule has 1 aliphatic carbocycles. The van der Waals surface area contributed by atoms with Crippen molar-refractivity contribution in [3.05, 3.63) is 0 Å². The van der Waals surface area contributed by atoms with Gasteiger partial charge in [-0.15, -0.1) is 24.0 Å². The number of nitrogens with one attached hydrogen (secondary N) is 1. The summed E-state index contributed by atoms with van der Waals surface area (Å²) in [5.74, 6) is 1.05. The highest BCUT2D eigenvalue weighted by Crippen LogP contribution is 2.36. The average molecular weight is 443 g/mol. The highest BCUT2D eigenvalue weighted by molar-refractivity contribution is 14.0. The second kappa shape index (κ2) is 7.23. The molecule has 0 bridgehead atoms. The van der Waals surface area contributed by atoms with Crippen LogP contribution in [0.4, 0.5) is 0 Å². The van der Waals surface area contributed by atoms with Gasteiger partial charge in [-0.25, -0.2) is 8.42 Å². The maximum atomic E-state index is 12.1. The molecule has 7 heteroatoms. The minimum absolute atomic E-state index is 0. The highest BCUT2D eigenvalue weighted by atomic mass is 127. The largest absolute Gasteiger partial charge is 0.356 e. The van der Waals surface area contributed by atoms with Gasteiger partial charge in [0, 0.05) is 26.7 Å². The maximum Gasteiger partial charge on any atom is 0.193 e. The van der Waals surface area contributed by atoms with Crippen molar-refractivity contribution in [3.8, 4) is 0 Å². The van der Waals surface area contributed by atoms with Crippen molar-refractivity contribution in [1.29, 1.82) is 0 Å². The van der Waals surface area contributed by atoms with Gasteiger partial charge in [0.05, 0.1) is 10.5 Å². The topological polar surface area (TPSA) is 61.8 Å². The van der Waals surface area contributed by atoms with Crippen LogP contribution >= 0.6 is 24.0 Å². The zero-order valence-electron chi connectivity index (χ0n) is 14.2. The first-order chi connectivity index (χ1) is 9.69. The minimum Gasteiger partial charge on any atom is -0.356 e. The number of rotatable bonds is 2. The summed E-state index contributed by atoms with van der Waals surface area (Å²) in [5, 5.41) is 3.47. The first-order valence-electron chi connectivity index (χ1n) is 7.87. The zero-order valence-corrected chi connectivity index (χ0v) is 17.3. The third kappa shape index (κ3) is 4.27. The number of sulfone groups is 1. The number of nitrogens with zero attached hydrogens (tertiary/aromatic N) is 2. The van der Waals surface area contributed by atoms with Crippen molar-refractivity contribution < 1.29 is 8.42 Å². The molecule has 2 fully saturated rings. The van der Waals surface area contributed by atoms with Crippen LogP contribution in [-0.2, 0) is 9.84 Å². The molecule has 0 aromatic heterocycles. The molecule has 0 spiro atoms. The van der Waals surface area contributed by atoms with E-state index in [1.165, 1.54) is 25.7 Å². The van der Waals surface area contributed by atoms with Crippen LogP contribution in [0.15, 0.2) is 4.99 Å². The lowest BCUT2D eigenvalue weighted by atomic mass is 9.89. The molecular weight excluding hydrogens is 413 g/mol. The fourth-order valence-electron chi connectivity index (χ4n) is 3.35. The summed E-state index contributed by atoms with van der Waals surface area (Å²) in [4.78, 5) is 6.44. The SMILES string of the molecule is CN=C(NCC1(C)CCCC1)N1CCS(=O)(=O)C(C)(C)C1.I. The molecular formula is C15H30IN3O2S. The number of aliphatic imine (C=N–C) groups is 1. The molecule has 130 valence electrons. The Morgan fingerprint density at radius 2 is 1.82 bits per heavy atom. The van der Waals surface area contributed by atoms with Gasteiger partial charge in [0.15, 0.2) is 15.8 Å². The van der Waals surface area contributed by atoms with Crippen LogP contribution in [0.2, 0.25) is 0 Å². The lowest BCUT2D eigenvalue weighted by Gasteiger charge is -2.39. The number of hydrogen-bond acceptors (Lipinski definition) is 3. The van der Waals surface area contributed by atoms with Crippen LogP contribution in [0, 0.1) is 5.41 Å². The van der Waals surface area contributed by atoms with E-state index in [4.69, 9.17) is 0 Å². The molecule has 1 aliphatic heterocycles. The molecule has 5 nitrogen and oxygen atoms in total. The van der Waals surface area contributed by atoms with E-state index in [2.05, 4.69) is 22.1 Å². The Morgan fingerprint density at radius 1 is 1.23 bits per heavy atom. The van der Waals surface area contributed by atoms with Gasteiger partial charge < -0.3 is 10.2 Å². The number of guanidine groups is 1. The van der Waals surface area contributed by atoms with Crippen molar-refractivity contribution >= 4 is 39.8 Å². The van der Waals surface area contributed by atoms with Gasteiger partial charge in [0.2, 0.25) is 0 Å². The van der Waals surface area contributed by atoms with E-state index in [-0.39, 0.29) is 29.7 Å². The quantitative estimate of drug-likeness (QED) is 0.404. The van der Waals surface area contributed by atoms with Crippen LogP contribution < -0.4 is 5.32 Å². The highest BCUT2D eigenvalue weighted by Gasteiger charge is 2.41. The molecule has 1 saturated carbocycles. The van der Waals surface area contributed by atoms with Gasteiger partial charge in [0.25, 0.3) is 0 Å². The molecule has 0 atom stereocenters. The Morgan fingerprint density at radius 3 is 2.32 bits per heavy atom. The van der Waals surface area contributed by atoms with Gasteiger partial charge in [-0.1, -0.05) is 19.8 Å². The maximum absolute atomic E-state index is 12.1. The second-order valence-corrected chi connectivity index (χ2v) is 10.2. The summed E-state index contributed by atoms with van der Waals surface area (Å²) in [6.07, 6.45) is 5.14. The molecule has 1 heterocycles. The standard InChI is InChI=1S/C15H29N3O2S.HI/c1-14(2)12-18(9-10-21(14,19)20)13(16-4)17-11-15(3)7-5-6-8-15;/h5-12H2,1-4H3,(H,16,17);1H. The Hall–Kier alpha value is -0.0500. The van der Waals surface area contributed by atoms with E-state index in [1.807, 2.05) is 0 Å². The zero-order chi connectivity index (χ0) is 15.7. The summed E-state index contributed by atoms with van der Waals surface area (Å²) in [5.41, 5.74) is 0.354. The molecule has 1 saturated heterocycles. The Kier molecular flexibility index (Phi) is 6.58. The van der Waals surface area contributed by atoms with Crippen molar-refractivity contribution in [1.82, 2.24) is 10.2 Å². The lowest BCUT2D eigenvalue weighted by Crippen LogP contribution is -2.57. The average Bonchev–Trinajstić information content (AvgIpc) is 2.81. The van der Waals surface area contributed by atoms with Crippen molar-refractivity contribution in [2.24, 2.45) is 10.4 Å². The predicted molar refractivity (Wildman–Crippen MR) is 103 cm³/mol. The summed E-state index contributed by atoms with van der Waals surface area (Å²) >= 11 is 0. The van der Waals surface area contributed by atoms with E-state index in [0.717, 1.165) is 12.5 Å². The fourth-order valence-corrected chi connectivity index (χ4v) is 4.72. The summed E-state index contributed by atoms with van der Waals surface area (Å²) in [6.45, 7) is 7.89. The molecule has 0 aromatic carbocycles. The van der Waals surface area contributed by atoms with Crippen molar-refractivity contribution in [2.45, 2.75) is 51.2 Å². The molecule has 0 aromatic rings. The van der Waals surface area contributed by atoms with Gasteiger partial charge in [0.1, 0.15) is 0 Å². The molecule has 2 rings (SSSR count). The Bertz CT molecular complexity index is 511. The van der Waals surface area contributed by atoms with Crippen LogP contribution in [0.3, 0.4) is 0 Å². The van der Waals surface area contributed by atoms with Gasteiger partial charge >= 0.3 is 0 Å². The Labute approximate surface area is 152 Å². The van der Waals surface area contributed by atoms with Crippen LogP contribution in [0.25, 0.3) is 0 Å². The Balaban J connectivity index is 0.00000242. The van der Waals surface area contributed by atoms with Gasteiger partial charge in [-0.3, -0.25) is 4.99 Å². The normalized spacial score (nSPS) is 26.4. The monoisotopic (exact) mass is 443 g/mol. The summed E-state index contributed by atoms with van der Waals surface area (Å²) < 4.78 is 23.5. The van der Waals surface area contributed by atoms with Crippen molar-refractivity contribution in [3.63, 3.8) is 0 Å². The lowest BCUT2D eigenvalue weighted by molar-refractivity contribution is 0.313. The first kappa shape index (κ1) is 20.0. The number of halogens is 1. The molecule has 1 N–H and O–H groups in total. The molecule has 22 heavy (non-hydrogen) atoms. The number of hydrogen-bond donors (Lipinski definition) is 1. The second-order valence-electron chi connectivity index (χ2n) is 7.42. The van der Waals surface area contributed by atoms with E-state index >= 15 is 0 Å². The fraction of sp³-hybridized carbons (Fsp3) is 0.933. The predicted octanol–water partition coefficient (Wildman–Crippen LogP) is 2.27. The van der Waals surface area contributed by atoms with E-state index in [9.17, 15) is 8.42 Å². The molecule has 2 aliphatic rings. The first-order valence-corrected chi connectivity index (χ1v) is 9.52.